The molecule has 84 valence electrons. The van der Waals surface area contributed by atoms with Crippen molar-refractivity contribution in [2.45, 2.75) is 33.2 Å². The van der Waals surface area contributed by atoms with E-state index < -0.39 is 0 Å². The van der Waals surface area contributed by atoms with Crippen LogP contribution in [0.5, 0.6) is 0 Å². The van der Waals surface area contributed by atoms with Gasteiger partial charge in [-0.3, -0.25) is 4.79 Å². The van der Waals surface area contributed by atoms with E-state index in [0.29, 0.717) is 0 Å². The Morgan fingerprint density at radius 2 is 2.06 bits per heavy atom. The Kier molecular flexibility index (Phi) is 3.09. The van der Waals surface area contributed by atoms with E-state index in [-0.39, 0.29) is 0 Å². The number of aromatic nitrogens is 1. The van der Waals surface area contributed by atoms with Gasteiger partial charge < -0.3 is 4.57 Å². The van der Waals surface area contributed by atoms with E-state index in [1.165, 1.54) is 11.9 Å². The van der Waals surface area contributed by atoms with Crippen LogP contribution in [0.4, 0.5) is 0 Å². The van der Waals surface area contributed by atoms with Gasteiger partial charge in [-0.15, -0.1) is 0 Å². The van der Waals surface area contributed by atoms with Crippen LogP contribution < -0.4 is 0 Å². The molecule has 2 heteroatoms. The van der Waals surface area contributed by atoms with Gasteiger partial charge in [-0.2, -0.15) is 0 Å². The Morgan fingerprint density at radius 3 is 2.75 bits per heavy atom. The lowest BCUT2D eigenvalue weighted by Crippen LogP contribution is -2.00. The molecule has 0 saturated carbocycles. The fourth-order valence-electron chi connectivity index (χ4n) is 2.21. The number of aryl methyl sites for hydroxylation is 1. The number of para-hydroxylation sites is 1. The standard InChI is InChI=1S/C14H17NO/c1-3-4-9-15-11(2)13(10-16)12-7-5-6-8-14(12)15/h5-8,10H,3-4,9H2,1-2H3. The molecular formula is C14H17NO. The van der Waals surface area contributed by atoms with Crippen LogP contribution in [-0.4, -0.2) is 10.9 Å². The van der Waals surface area contributed by atoms with Crippen molar-refractivity contribution in [1.29, 1.82) is 0 Å². The predicted molar refractivity (Wildman–Crippen MR) is 67.0 cm³/mol. The highest BCUT2D eigenvalue weighted by Crippen LogP contribution is 2.24. The largest absolute Gasteiger partial charge is 0.344 e. The van der Waals surface area contributed by atoms with Crippen molar-refractivity contribution >= 4 is 17.2 Å². The van der Waals surface area contributed by atoms with Crippen LogP contribution >= 0.6 is 0 Å². The molecule has 0 fully saturated rings. The first-order chi connectivity index (χ1) is 7.79. The second-order valence-electron chi connectivity index (χ2n) is 4.14. The molecule has 0 bridgehead atoms. The molecule has 0 unspecified atom stereocenters. The van der Waals surface area contributed by atoms with Crippen molar-refractivity contribution in [2.24, 2.45) is 0 Å². The normalized spacial score (nSPS) is 10.9. The number of rotatable bonds is 4. The Morgan fingerprint density at radius 1 is 1.31 bits per heavy atom. The molecule has 2 rings (SSSR count). The van der Waals surface area contributed by atoms with Crippen LogP contribution in [0.15, 0.2) is 24.3 Å². The highest BCUT2D eigenvalue weighted by molar-refractivity contribution is 5.99. The SMILES string of the molecule is CCCCn1c(C)c(C=O)c2ccccc21. The van der Waals surface area contributed by atoms with E-state index in [0.717, 1.165) is 35.9 Å². The first kappa shape index (κ1) is 10.9. The average Bonchev–Trinajstić information content (AvgIpc) is 2.58. The van der Waals surface area contributed by atoms with E-state index in [1.807, 2.05) is 25.1 Å². The van der Waals surface area contributed by atoms with E-state index >= 15 is 0 Å². The molecule has 0 amide bonds. The van der Waals surface area contributed by atoms with Gasteiger partial charge in [0, 0.05) is 28.7 Å². The number of benzene rings is 1. The maximum Gasteiger partial charge on any atom is 0.152 e. The van der Waals surface area contributed by atoms with Crippen LogP contribution in [0.3, 0.4) is 0 Å². The number of carbonyl (C=O) groups is 1. The van der Waals surface area contributed by atoms with Crippen molar-refractivity contribution < 1.29 is 4.79 Å². The Hall–Kier alpha value is -1.57. The summed E-state index contributed by atoms with van der Waals surface area (Å²) in [4.78, 5) is 11.1. The third kappa shape index (κ3) is 1.64. The van der Waals surface area contributed by atoms with Gasteiger partial charge in [0.05, 0.1) is 0 Å². The summed E-state index contributed by atoms with van der Waals surface area (Å²) in [5, 5.41) is 1.08. The molecule has 1 aromatic carbocycles. The van der Waals surface area contributed by atoms with Gasteiger partial charge in [0.15, 0.2) is 6.29 Å². The number of fused-ring (bicyclic) bond motifs is 1. The molecule has 0 aliphatic rings. The summed E-state index contributed by atoms with van der Waals surface area (Å²) in [5.41, 5.74) is 3.10. The smallest absolute Gasteiger partial charge is 0.152 e. The van der Waals surface area contributed by atoms with Gasteiger partial charge in [-0.05, 0) is 19.4 Å². The van der Waals surface area contributed by atoms with E-state index in [4.69, 9.17) is 0 Å². The first-order valence-corrected chi connectivity index (χ1v) is 5.82. The highest BCUT2D eigenvalue weighted by atomic mass is 16.1. The molecule has 2 nitrogen and oxygen atoms in total. The lowest BCUT2D eigenvalue weighted by molar-refractivity contribution is 0.112. The number of aldehydes is 1. The van der Waals surface area contributed by atoms with Crippen LogP contribution in [0, 0.1) is 6.92 Å². The van der Waals surface area contributed by atoms with Crippen molar-refractivity contribution in [3.05, 3.63) is 35.5 Å². The summed E-state index contributed by atoms with van der Waals surface area (Å²) < 4.78 is 2.25. The molecule has 0 spiro atoms. The van der Waals surface area contributed by atoms with Crippen molar-refractivity contribution in [2.75, 3.05) is 0 Å². The second kappa shape index (κ2) is 4.52. The van der Waals surface area contributed by atoms with Gasteiger partial charge >= 0.3 is 0 Å². The summed E-state index contributed by atoms with van der Waals surface area (Å²) >= 11 is 0. The molecule has 1 heterocycles. The maximum absolute atomic E-state index is 11.1. The number of nitrogens with zero attached hydrogens (tertiary/aromatic N) is 1. The van der Waals surface area contributed by atoms with Gasteiger partial charge in [0.2, 0.25) is 0 Å². The molecule has 0 aliphatic heterocycles. The fraction of sp³-hybridized carbons (Fsp3) is 0.357. The van der Waals surface area contributed by atoms with Crippen LogP contribution in [0.25, 0.3) is 10.9 Å². The zero-order valence-electron chi connectivity index (χ0n) is 9.86. The topological polar surface area (TPSA) is 22.0 Å². The van der Waals surface area contributed by atoms with E-state index in [1.54, 1.807) is 0 Å². The minimum Gasteiger partial charge on any atom is -0.344 e. The van der Waals surface area contributed by atoms with Gasteiger partial charge in [-0.25, -0.2) is 0 Å². The molecule has 0 radical (unpaired) electrons. The Balaban J connectivity index is 2.62. The van der Waals surface area contributed by atoms with Crippen LogP contribution in [-0.2, 0) is 6.54 Å². The summed E-state index contributed by atoms with van der Waals surface area (Å²) in [5.74, 6) is 0. The summed E-state index contributed by atoms with van der Waals surface area (Å²) in [7, 11) is 0. The highest BCUT2D eigenvalue weighted by Gasteiger charge is 2.11. The zero-order chi connectivity index (χ0) is 11.5. The summed E-state index contributed by atoms with van der Waals surface area (Å²) in [6.07, 6.45) is 3.29. The molecule has 0 atom stereocenters. The molecule has 16 heavy (non-hydrogen) atoms. The third-order valence-corrected chi connectivity index (χ3v) is 3.13. The maximum atomic E-state index is 11.1. The fourth-order valence-corrected chi connectivity index (χ4v) is 2.21. The van der Waals surface area contributed by atoms with Crippen molar-refractivity contribution in [3.8, 4) is 0 Å². The number of hydrogen-bond acceptors (Lipinski definition) is 1. The summed E-state index contributed by atoms with van der Waals surface area (Å²) in [6.45, 7) is 5.21. The van der Waals surface area contributed by atoms with Crippen LogP contribution in [0.2, 0.25) is 0 Å². The average molecular weight is 215 g/mol. The molecular weight excluding hydrogens is 198 g/mol. The zero-order valence-corrected chi connectivity index (χ0v) is 9.86. The molecule has 0 aliphatic carbocycles. The first-order valence-electron chi connectivity index (χ1n) is 5.82. The number of carbonyl (C=O) groups excluding carboxylic acids is 1. The quantitative estimate of drug-likeness (QED) is 0.715. The Labute approximate surface area is 95.9 Å². The van der Waals surface area contributed by atoms with Crippen molar-refractivity contribution in [1.82, 2.24) is 4.57 Å². The summed E-state index contributed by atoms with van der Waals surface area (Å²) in [6, 6.07) is 8.12. The molecule has 0 N–H and O–H groups in total. The van der Waals surface area contributed by atoms with Gasteiger partial charge in [0.1, 0.15) is 0 Å². The lowest BCUT2D eigenvalue weighted by Gasteiger charge is -2.06. The predicted octanol–water partition coefficient (Wildman–Crippen LogP) is 3.56. The van der Waals surface area contributed by atoms with Gasteiger partial charge in [-0.1, -0.05) is 31.5 Å². The van der Waals surface area contributed by atoms with Gasteiger partial charge in [0.25, 0.3) is 0 Å². The van der Waals surface area contributed by atoms with E-state index in [2.05, 4.69) is 17.6 Å². The van der Waals surface area contributed by atoms with Crippen LogP contribution in [0.1, 0.15) is 35.8 Å². The monoisotopic (exact) mass is 215 g/mol. The number of unbranched alkanes of at least 4 members (excludes halogenated alkanes) is 1. The third-order valence-electron chi connectivity index (χ3n) is 3.13. The number of hydrogen-bond donors (Lipinski definition) is 0. The molecule has 0 saturated heterocycles. The lowest BCUT2D eigenvalue weighted by atomic mass is 10.1. The van der Waals surface area contributed by atoms with Crippen molar-refractivity contribution in [3.63, 3.8) is 0 Å². The molecule has 2 aromatic rings. The molecule has 1 aromatic heterocycles. The minimum absolute atomic E-state index is 0.840. The second-order valence-corrected chi connectivity index (χ2v) is 4.14. The minimum atomic E-state index is 0.840. The Bertz CT molecular complexity index is 511. The van der Waals surface area contributed by atoms with E-state index in [9.17, 15) is 4.79 Å².